The fourth-order valence-corrected chi connectivity index (χ4v) is 2.45. The third-order valence-corrected chi connectivity index (χ3v) is 4.07. The molecule has 112 valence electrons. The van der Waals surface area contributed by atoms with Gasteiger partial charge in [-0.2, -0.15) is 0 Å². The normalized spacial score (nSPS) is 18.0. The number of hydrogen-bond acceptors (Lipinski definition) is 3. The second kappa shape index (κ2) is 6.30. The predicted molar refractivity (Wildman–Crippen MR) is 85.0 cm³/mol. The van der Waals surface area contributed by atoms with E-state index in [1.807, 2.05) is 29.2 Å². The highest BCUT2D eigenvalue weighted by Gasteiger charge is 2.33. The summed E-state index contributed by atoms with van der Waals surface area (Å²) >= 11 is 0. The maximum absolute atomic E-state index is 12.6. The van der Waals surface area contributed by atoms with Crippen molar-refractivity contribution >= 4 is 5.91 Å². The second-order valence-electron chi connectivity index (χ2n) is 6.04. The maximum atomic E-state index is 12.6. The summed E-state index contributed by atoms with van der Waals surface area (Å²) in [5.74, 6) is 5.86. The molecule has 1 heterocycles. The molecular formula is C17H23N3O. The molecule has 0 radical (unpaired) electrons. The van der Waals surface area contributed by atoms with Crippen LogP contribution >= 0.6 is 0 Å². The van der Waals surface area contributed by atoms with Crippen LogP contribution in [0, 0.1) is 11.8 Å². The molecule has 0 bridgehead atoms. The summed E-state index contributed by atoms with van der Waals surface area (Å²) in [5.41, 5.74) is 6.97. The largest absolute Gasteiger partial charge is 0.336 e. The highest BCUT2D eigenvalue weighted by Crippen LogP contribution is 2.20. The first kappa shape index (κ1) is 15.6. The first-order chi connectivity index (χ1) is 9.94. The van der Waals surface area contributed by atoms with Crippen LogP contribution < -0.4 is 5.73 Å². The van der Waals surface area contributed by atoms with Crippen molar-refractivity contribution in [3.8, 4) is 11.8 Å². The molecule has 0 aromatic heterocycles. The first-order valence-corrected chi connectivity index (χ1v) is 7.23. The van der Waals surface area contributed by atoms with E-state index in [-0.39, 0.29) is 11.4 Å². The van der Waals surface area contributed by atoms with Crippen molar-refractivity contribution in [3.05, 3.63) is 35.4 Å². The molecule has 4 heteroatoms. The smallest absolute Gasteiger partial charge is 0.253 e. The highest BCUT2D eigenvalue weighted by molar-refractivity contribution is 5.94. The average molecular weight is 285 g/mol. The van der Waals surface area contributed by atoms with Gasteiger partial charge in [-0.3, -0.25) is 9.69 Å². The quantitative estimate of drug-likeness (QED) is 0.788. The summed E-state index contributed by atoms with van der Waals surface area (Å²) in [7, 11) is 2.10. The summed E-state index contributed by atoms with van der Waals surface area (Å²) in [6, 6.07) is 7.43. The summed E-state index contributed by atoms with van der Waals surface area (Å²) in [4.78, 5) is 16.8. The van der Waals surface area contributed by atoms with Crippen LogP contribution in [0.5, 0.6) is 0 Å². The average Bonchev–Trinajstić information content (AvgIpc) is 2.47. The number of nitrogens with zero attached hydrogens (tertiary/aromatic N) is 2. The number of nitrogens with two attached hydrogens (primary N) is 1. The Balaban J connectivity index is 2.10. The minimum atomic E-state index is 0.0143. The van der Waals surface area contributed by atoms with E-state index in [1.165, 1.54) is 0 Å². The minimum Gasteiger partial charge on any atom is -0.336 e. The Hall–Kier alpha value is -1.83. The Morgan fingerprint density at radius 1 is 1.29 bits per heavy atom. The molecule has 0 aliphatic carbocycles. The molecule has 1 fully saturated rings. The Morgan fingerprint density at radius 2 is 1.95 bits per heavy atom. The minimum absolute atomic E-state index is 0.0143. The standard InChI is InChI=1S/C17H23N3O/c1-17(2)13-20(12-11-19(17)3)16(21)15-8-6-14(7-9-15)5-4-10-18/h6-9H,10-13,18H2,1-3H3. The van der Waals surface area contributed by atoms with Crippen LogP contribution in [0.3, 0.4) is 0 Å². The molecule has 0 unspecified atom stereocenters. The molecule has 0 spiro atoms. The molecule has 1 aromatic rings. The summed E-state index contributed by atoms with van der Waals surface area (Å²) < 4.78 is 0. The highest BCUT2D eigenvalue weighted by atomic mass is 16.2. The molecule has 1 saturated heterocycles. The molecule has 4 nitrogen and oxygen atoms in total. The number of amides is 1. The Kier molecular flexibility index (Phi) is 4.66. The van der Waals surface area contributed by atoms with E-state index in [9.17, 15) is 4.79 Å². The van der Waals surface area contributed by atoms with E-state index in [1.54, 1.807) is 0 Å². The third-order valence-electron chi connectivity index (χ3n) is 4.07. The van der Waals surface area contributed by atoms with Gasteiger partial charge in [0.1, 0.15) is 0 Å². The van der Waals surface area contributed by atoms with E-state index in [2.05, 4.69) is 37.6 Å². The van der Waals surface area contributed by atoms with Gasteiger partial charge in [0.25, 0.3) is 5.91 Å². The number of likely N-dealkylation sites (N-methyl/N-ethyl adjacent to an activating group) is 1. The van der Waals surface area contributed by atoms with Crippen molar-refractivity contribution in [2.45, 2.75) is 19.4 Å². The number of carbonyl (C=O) groups is 1. The monoisotopic (exact) mass is 285 g/mol. The molecule has 0 saturated carbocycles. The van der Waals surface area contributed by atoms with E-state index < -0.39 is 0 Å². The zero-order valence-electron chi connectivity index (χ0n) is 13.0. The van der Waals surface area contributed by atoms with Crippen LogP contribution in [-0.2, 0) is 0 Å². The van der Waals surface area contributed by atoms with Crippen LogP contribution in [0.25, 0.3) is 0 Å². The zero-order valence-corrected chi connectivity index (χ0v) is 13.0. The van der Waals surface area contributed by atoms with Crippen molar-refractivity contribution in [2.75, 3.05) is 33.2 Å². The molecule has 2 rings (SSSR count). The Labute approximate surface area is 126 Å². The fraction of sp³-hybridized carbons (Fsp3) is 0.471. The molecule has 0 atom stereocenters. The van der Waals surface area contributed by atoms with Crippen molar-refractivity contribution in [1.82, 2.24) is 9.80 Å². The summed E-state index contributed by atoms with van der Waals surface area (Å²) in [6.45, 7) is 7.09. The molecule has 1 amide bonds. The van der Waals surface area contributed by atoms with Crippen LogP contribution in [0.2, 0.25) is 0 Å². The molecule has 1 aliphatic rings. The van der Waals surface area contributed by atoms with Gasteiger partial charge in [-0.05, 0) is 45.2 Å². The third kappa shape index (κ3) is 3.63. The van der Waals surface area contributed by atoms with Crippen LogP contribution in [-0.4, -0.2) is 54.5 Å². The van der Waals surface area contributed by atoms with Crippen molar-refractivity contribution in [2.24, 2.45) is 5.73 Å². The van der Waals surface area contributed by atoms with Crippen LogP contribution in [0.4, 0.5) is 0 Å². The van der Waals surface area contributed by atoms with Gasteiger partial charge in [0.15, 0.2) is 0 Å². The lowest BCUT2D eigenvalue weighted by molar-refractivity contribution is 0.0311. The maximum Gasteiger partial charge on any atom is 0.253 e. The van der Waals surface area contributed by atoms with Gasteiger partial charge in [-0.15, -0.1) is 0 Å². The van der Waals surface area contributed by atoms with Crippen LogP contribution in [0.1, 0.15) is 29.8 Å². The fourth-order valence-electron chi connectivity index (χ4n) is 2.45. The first-order valence-electron chi connectivity index (χ1n) is 7.23. The number of hydrogen-bond donors (Lipinski definition) is 1. The van der Waals surface area contributed by atoms with Gasteiger partial charge in [0, 0.05) is 36.3 Å². The molecule has 21 heavy (non-hydrogen) atoms. The number of piperazine rings is 1. The van der Waals surface area contributed by atoms with E-state index in [0.717, 1.165) is 25.2 Å². The summed E-state index contributed by atoms with van der Waals surface area (Å²) in [6.07, 6.45) is 0. The van der Waals surface area contributed by atoms with Gasteiger partial charge in [0.05, 0.1) is 6.54 Å². The molecule has 2 N–H and O–H groups in total. The van der Waals surface area contributed by atoms with Crippen molar-refractivity contribution in [1.29, 1.82) is 0 Å². The van der Waals surface area contributed by atoms with Gasteiger partial charge in [-0.25, -0.2) is 0 Å². The van der Waals surface area contributed by atoms with Gasteiger partial charge in [-0.1, -0.05) is 11.8 Å². The van der Waals surface area contributed by atoms with Crippen LogP contribution in [0.15, 0.2) is 24.3 Å². The topological polar surface area (TPSA) is 49.6 Å². The lowest BCUT2D eigenvalue weighted by Crippen LogP contribution is -2.58. The molecule has 1 aromatic carbocycles. The Bertz CT molecular complexity index is 566. The summed E-state index contributed by atoms with van der Waals surface area (Å²) in [5, 5.41) is 0. The molecular weight excluding hydrogens is 262 g/mol. The number of carbonyl (C=O) groups excluding carboxylic acids is 1. The Morgan fingerprint density at radius 3 is 2.52 bits per heavy atom. The van der Waals surface area contributed by atoms with Gasteiger partial charge >= 0.3 is 0 Å². The lowest BCUT2D eigenvalue weighted by atomic mass is 9.99. The lowest BCUT2D eigenvalue weighted by Gasteiger charge is -2.45. The van der Waals surface area contributed by atoms with E-state index >= 15 is 0 Å². The SMILES string of the molecule is CN1CCN(C(=O)c2ccc(C#CCN)cc2)CC1(C)C. The zero-order chi connectivity index (χ0) is 15.5. The second-order valence-corrected chi connectivity index (χ2v) is 6.04. The van der Waals surface area contributed by atoms with Gasteiger partial charge in [0.2, 0.25) is 0 Å². The number of rotatable bonds is 1. The molecule has 1 aliphatic heterocycles. The van der Waals surface area contributed by atoms with E-state index in [0.29, 0.717) is 12.1 Å². The number of benzene rings is 1. The van der Waals surface area contributed by atoms with E-state index in [4.69, 9.17) is 5.73 Å². The van der Waals surface area contributed by atoms with Gasteiger partial charge < -0.3 is 10.6 Å². The van der Waals surface area contributed by atoms with Crippen molar-refractivity contribution in [3.63, 3.8) is 0 Å². The predicted octanol–water partition coefficient (Wildman–Crippen LogP) is 1.16. The van der Waals surface area contributed by atoms with Crippen molar-refractivity contribution < 1.29 is 4.79 Å².